The Morgan fingerprint density at radius 3 is 2.50 bits per heavy atom. The molecule has 0 amide bonds. The van der Waals surface area contributed by atoms with Crippen LogP contribution in [0, 0.1) is 0 Å². The summed E-state index contributed by atoms with van der Waals surface area (Å²) in [6.45, 7) is 1.02. The lowest BCUT2D eigenvalue weighted by molar-refractivity contribution is 0.481. The largest absolute Gasteiger partial charge is 0.457 e. The average molecular weight is 340 g/mol. The zero-order chi connectivity index (χ0) is 16.0. The first-order valence-electron chi connectivity index (χ1n) is 6.83. The van der Waals surface area contributed by atoms with Gasteiger partial charge in [0.15, 0.2) is 0 Å². The molecule has 22 heavy (non-hydrogen) atoms. The van der Waals surface area contributed by atoms with Crippen LogP contribution in [0.5, 0.6) is 11.5 Å². The third-order valence-corrected chi connectivity index (χ3v) is 4.12. The highest BCUT2D eigenvalue weighted by atomic mass is 35.5. The van der Waals surface area contributed by atoms with Crippen molar-refractivity contribution in [2.24, 2.45) is 0 Å². The number of hydrogen-bond acceptors (Lipinski definition) is 4. The number of nitrogens with one attached hydrogen (secondary N) is 1. The van der Waals surface area contributed by atoms with Crippen molar-refractivity contribution in [1.29, 1.82) is 0 Å². The Labute approximate surface area is 136 Å². The van der Waals surface area contributed by atoms with Crippen molar-refractivity contribution >= 4 is 21.4 Å². The fraction of sp³-hybridized carbons (Fsp3) is 0.250. The van der Waals surface area contributed by atoms with Crippen LogP contribution in [0.4, 0.5) is 0 Å². The Bertz CT molecular complexity index is 714. The van der Waals surface area contributed by atoms with Crippen LogP contribution in [0.3, 0.4) is 0 Å². The van der Waals surface area contributed by atoms with Crippen molar-refractivity contribution in [2.45, 2.75) is 6.54 Å². The zero-order valence-corrected chi connectivity index (χ0v) is 13.8. The molecule has 4 nitrogen and oxygen atoms in total. The van der Waals surface area contributed by atoms with Gasteiger partial charge in [-0.1, -0.05) is 23.7 Å². The molecule has 118 valence electrons. The molecule has 0 saturated carbocycles. The molecule has 0 spiro atoms. The van der Waals surface area contributed by atoms with Crippen LogP contribution in [-0.2, 0) is 16.4 Å². The standard InChI is InChI=1S/C16H18ClNO3S/c1-22(19,20)10-9-18-12-13-3-2-4-16(11-13)21-15-7-5-14(17)6-8-15/h2-8,11,18H,9-10,12H2,1H3. The Morgan fingerprint density at radius 2 is 1.82 bits per heavy atom. The summed E-state index contributed by atoms with van der Waals surface area (Å²) in [7, 11) is -2.93. The molecule has 2 rings (SSSR count). The molecule has 0 atom stereocenters. The number of halogens is 1. The minimum Gasteiger partial charge on any atom is -0.457 e. The Morgan fingerprint density at radius 1 is 1.09 bits per heavy atom. The molecule has 0 bridgehead atoms. The summed E-state index contributed by atoms with van der Waals surface area (Å²) in [5, 5.41) is 3.77. The van der Waals surface area contributed by atoms with E-state index >= 15 is 0 Å². The molecular formula is C16H18ClNO3S. The molecule has 0 aliphatic carbocycles. The smallest absolute Gasteiger partial charge is 0.148 e. The first kappa shape index (κ1) is 16.8. The maximum absolute atomic E-state index is 11.1. The van der Waals surface area contributed by atoms with Crippen molar-refractivity contribution in [1.82, 2.24) is 5.32 Å². The van der Waals surface area contributed by atoms with E-state index in [2.05, 4.69) is 5.32 Å². The minimum atomic E-state index is -2.93. The van der Waals surface area contributed by atoms with Gasteiger partial charge in [0.25, 0.3) is 0 Å². The highest BCUT2D eigenvalue weighted by Crippen LogP contribution is 2.23. The van der Waals surface area contributed by atoms with Gasteiger partial charge in [-0.05, 0) is 42.0 Å². The van der Waals surface area contributed by atoms with Gasteiger partial charge in [0.1, 0.15) is 21.3 Å². The third kappa shape index (κ3) is 6.05. The zero-order valence-electron chi connectivity index (χ0n) is 12.3. The highest BCUT2D eigenvalue weighted by Gasteiger charge is 2.02. The Hall–Kier alpha value is -1.56. The molecule has 0 aromatic heterocycles. The second kappa shape index (κ2) is 7.63. The normalized spacial score (nSPS) is 11.4. The molecule has 0 aliphatic heterocycles. The highest BCUT2D eigenvalue weighted by molar-refractivity contribution is 7.90. The van der Waals surface area contributed by atoms with Crippen molar-refractivity contribution in [3.8, 4) is 11.5 Å². The van der Waals surface area contributed by atoms with E-state index in [1.807, 2.05) is 24.3 Å². The molecule has 0 aliphatic rings. The van der Waals surface area contributed by atoms with Crippen molar-refractivity contribution in [2.75, 3.05) is 18.6 Å². The summed E-state index contributed by atoms with van der Waals surface area (Å²) in [6, 6.07) is 14.8. The predicted molar refractivity (Wildman–Crippen MR) is 89.4 cm³/mol. The topological polar surface area (TPSA) is 55.4 Å². The van der Waals surface area contributed by atoms with E-state index in [1.165, 1.54) is 6.26 Å². The summed E-state index contributed by atoms with van der Waals surface area (Å²) in [5.41, 5.74) is 1.03. The molecule has 0 unspecified atom stereocenters. The molecule has 6 heteroatoms. The van der Waals surface area contributed by atoms with E-state index in [4.69, 9.17) is 16.3 Å². The van der Waals surface area contributed by atoms with Crippen molar-refractivity contribution in [3.05, 3.63) is 59.1 Å². The van der Waals surface area contributed by atoms with E-state index in [-0.39, 0.29) is 5.75 Å². The fourth-order valence-corrected chi connectivity index (χ4v) is 2.49. The maximum atomic E-state index is 11.1. The number of sulfone groups is 1. The Kier molecular flexibility index (Phi) is 5.83. The second-order valence-corrected chi connectivity index (χ2v) is 7.71. The Balaban J connectivity index is 1.91. The van der Waals surface area contributed by atoms with Crippen molar-refractivity contribution < 1.29 is 13.2 Å². The minimum absolute atomic E-state index is 0.133. The molecule has 1 N–H and O–H groups in total. The van der Waals surface area contributed by atoms with E-state index in [9.17, 15) is 8.42 Å². The van der Waals surface area contributed by atoms with Gasteiger partial charge in [0.2, 0.25) is 0 Å². The number of rotatable bonds is 7. The van der Waals surface area contributed by atoms with Gasteiger partial charge in [0.05, 0.1) is 5.75 Å². The lowest BCUT2D eigenvalue weighted by Crippen LogP contribution is -2.21. The molecule has 2 aromatic rings. The molecule has 0 saturated heterocycles. The van der Waals surface area contributed by atoms with Gasteiger partial charge < -0.3 is 10.1 Å². The first-order valence-corrected chi connectivity index (χ1v) is 9.27. The number of benzene rings is 2. The van der Waals surface area contributed by atoms with Crippen LogP contribution < -0.4 is 10.1 Å². The first-order chi connectivity index (χ1) is 10.4. The van der Waals surface area contributed by atoms with Crippen LogP contribution >= 0.6 is 11.6 Å². The van der Waals surface area contributed by atoms with Crippen LogP contribution in [0.2, 0.25) is 5.02 Å². The second-order valence-electron chi connectivity index (χ2n) is 5.01. The lowest BCUT2D eigenvalue weighted by atomic mass is 10.2. The van der Waals surface area contributed by atoms with Crippen molar-refractivity contribution in [3.63, 3.8) is 0 Å². The monoisotopic (exact) mass is 339 g/mol. The summed E-state index contributed by atoms with van der Waals surface area (Å²) >= 11 is 5.84. The fourth-order valence-electron chi connectivity index (χ4n) is 1.85. The summed E-state index contributed by atoms with van der Waals surface area (Å²) < 4.78 is 27.9. The molecule has 0 fully saturated rings. The quantitative estimate of drug-likeness (QED) is 0.787. The third-order valence-electron chi connectivity index (χ3n) is 2.93. The van der Waals surface area contributed by atoms with E-state index in [0.717, 1.165) is 11.3 Å². The summed E-state index contributed by atoms with van der Waals surface area (Å²) in [6.07, 6.45) is 1.23. The number of hydrogen-bond donors (Lipinski definition) is 1. The van der Waals surface area contributed by atoms with Crippen LogP contribution in [-0.4, -0.2) is 27.0 Å². The van der Waals surface area contributed by atoms with Gasteiger partial charge in [0, 0.05) is 24.4 Å². The van der Waals surface area contributed by atoms with Crippen LogP contribution in [0.15, 0.2) is 48.5 Å². The molecule has 2 aromatic carbocycles. The van der Waals surface area contributed by atoms with E-state index < -0.39 is 9.84 Å². The van der Waals surface area contributed by atoms with Crippen LogP contribution in [0.25, 0.3) is 0 Å². The van der Waals surface area contributed by atoms with Gasteiger partial charge in [-0.2, -0.15) is 0 Å². The van der Waals surface area contributed by atoms with Gasteiger partial charge in [-0.15, -0.1) is 0 Å². The van der Waals surface area contributed by atoms with Gasteiger partial charge in [-0.25, -0.2) is 8.42 Å². The van der Waals surface area contributed by atoms with Gasteiger partial charge in [-0.3, -0.25) is 0 Å². The average Bonchev–Trinajstić information content (AvgIpc) is 2.46. The summed E-state index contributed by atoms with van der Waals surface area (Å²) in [5.74, 6) is 1.57. The summed E-state index contributed by atoms with van der Waals surface area (Å²) in [4.78, 5) is 0. The molecule has 0 heterocycles. The van der Waals surface area contributed by atoms with E-state index in [1.54, 1.807) is 24.3 Å². The lowest BCUT2D eigenvalue weighted by Gasteiger charge is -2.08. The SMILES string of the molecule is CS(=O)(=O)CCNCc1cccc(Oc2ccc(Cl)cc2)c1. The molecule has 0 radical (unpaired) electrons. The van der Waals surface area contributed by atoms with Crippen LogP contribution in [0.1, 0.15) is 5.56 Å². The van der Waals surface area contributed by atoms with Gasteiger partial charge >= 0.3 is 0 Å². The van der Waals surface area contributed by atoms with E-state index in [0.29, 0.717) is 23.9 Å². The predicted octanol–water partition coefficient (Wildman–Crippen LogP) is 3.27. The molecular weight excluding hydrogens is 322 g/mol. The number of ether oxygens (including phenoxy) is 1. The maximum Gasteiger partial charge on any atom is 0.148 e.